The summed E-state index contributed by atoms with van der Waals surface area (Å²) in [7, 11) is 0. The largest absolute Gasteiger partial charge is 0.494 e. The van der Waals surface area contributed by atoms with Crippen LogP contribution in [0.15, 0.2) is 133 Å². The van der Waals surface area contributed by atoms with Crippen molar-refractivity contribution in [2.24, 2.45) is 23.7 Å². The zero-order chi connectivity index (χ0) is 91.9. The Kier molecular flexibility index (Phi) is 33.9. The first-order valence-electron chi connectivity index (χ1n) is 49.7. The Morgan fingerprint density at radius 2 is 0.697 bits per heavy atom. The van der Waals surface area contributed by atoms with Crippen molar-refractivity contribution in [3.8, 4) is 121 Å². The zero-order valence-electron chi connectivity index (χ0n) is 79.9. The maximum Gasteiger partial charge on any atom is 0.263 e. The quantitative estimate of drug-likeness (QED) is 0.0272. The number of nitrogens with zero attached hydrogens (tertiary/aromatic N) is 3. The van der Waals surface area contributed by atoms with Crippen molar-refractivity contribution in [3.05, 3.63) is 160 Å². The fourth-order valence-electron chi connectivity index (χ4n) is 18.6. The lowest BCUT2D eigenvalue weighted by Crippen LogP contribution is -2.31. The minimum Gasteiger partial charge on any atom is -0.494 e. The highest BCUT2D eigenvalue weighted by Crippen LogP contribution is 2.59. The van der Waals surface area contributed by atoms with Gasteiger partial charge in [0.2, 0.25) is 0 Å². The third-order valence-electron chi connectivity index (χ3n) is 26.7. The van der Waals surface area contributed by atoms with E-state index < -0.39 is 0 Å². The van der Waals surface area contributed by atoms with E-state index in [4.69, 9.17) is 33.7 Å². The van der Waals surface area contributed by atoms with Gasteiger partial charge in [-0.1, -0.05) is 259 Å². The van der Waals surface area contributed by atoms with Gasteiger partial charge in [0, 0.05) is 109 Å². The summed E-state index contributed by atoms with van der Waals surface area (Å²) in [6, 6.07) is 49.1. The Labute approximate surface area is 820 Å². The number of carbonyl (C=O) groups excluding carboxylic acids is 2. The molecule has 15 aromatic rings. The lowest BCUT2D eigenvalue weighted by molar-refractivity contribution is 0.0651. The molecule has 0 saturated carbocycles. The van der Waals surface area contributed by atoms with E-state index >= 15 is 9.59 Å². The maximum absolute atomic E-state index is 15.5. The summed E-state index contributed by atoms with van der Waals surface area (Å²) in [5.41, 5.74) is 9.72. The number of fused-ring (bicyclic) bond motifs is 6. The van der Waals surface area contributed by atoms with Crippen molar-refractivity contribution in [2.75, 3.05) is 39.6 Å². The highest BCUT2D eigenvalue weighted by Gasteiger charge is 2.43. The fraction of sp³-hybridized carbons (Fsp3) is 0.451. The van der Waals surface area contributed by atoms with Crippen LogP contribution in [0.1, 0.15) is 285 Å². The average Bonchev–Trinajstić information content (AvgIpc) is 1.60. The normalized spacial score (nSPS) is 13.4. The topological polar surface area (TPSA) is 109 Å². The van der Waals surface area contributed by atoms with Gasteiger partial charge in [-0.25, -0.2) is 9.97 Å². The Bertz CT molecular complexity index is 6280. The predicted molar refractivity (Wildman–Crippen MR) is 576 cm³/mol. The molecule has 696 valence electrons. The van der Waals surface area contributed by atoms with Crippen molar-refractivity contribution >= 4 is 165 Å². The minimum atomic E-state index is -0.185. The first-order chi connectivity index (χ1) is 64.6. The smallest absolute Gasteiger partial charge is 0.263 e. The van der Waals surface area contributed by atoms with Crippen LogP contribution in [0.3, 0.4) is 0 Å². The lowest BCUT2D eigenvalue weighted by atomic mass is 9.99. The van der Waals surface area contributed by atoms with E-state index in [1.807, 2.05) is 22.7 Å². The number of rotatable bonds is 52. The lowest BCUT2D eigenvalue weighted by Gasteiger charge is -2.19. The molecule has 10 nitrogen and oxygen atoms in total. The molecule has 0 saturated heterocycles. The van der Waals surface area contributed by atoms with Gasteiger partial charge in [-0.2, -0.15) is 0 Å². The molecule has 16 rings (SSSR count). The van der Waals surface area contributed by atoms with Gasteiger partial charge in [0.15, 0.2) is 0 Å². The summed E-state index contributed by atoms with van der Waals surface area (Å²) in [5.74, 6) is 5.91. The summed E-state index contributed by atoms with van der Waals surface area (Å²) in [5, 5.41) is 4.37. The predicted octanol–water partition coefficient (Wildman–Crippen LogP) is 37.8. The number of thiophene rings is 9. The number of hydrogen-bond acceptors (Lipinski definition) is 18. The molecule has 1 aliphatic heterocycles. The molecule has 11 heterocycles. The second-order valence-electron chi connectivity index (χ2n) is 36.6. The summed E-state index contributed by atoms with van der Waals surface area (Å²) < 4.78 is 40.3. The van der Waals surface area contributed by atoms with Crippen LogP contribution in [0.4, 0.5) is 0 Å². The molecular weight excluding hydrogens is 1800 g/mol. The van der Waals surface area contributed by atoms with Crippen molar-refractivity contribution in [2.45, 2.75) is 270 Å². The molecule has 0 radical (unpaired) electrons. The van der Waals surface area contributed by atoms with Gasteiger partial charge in [-0.3, -0.25) is 14.5 Å². The SMILES string of the molecule is CCCCCCCCOc1cccc(-c2nc3c(-c4ccc(C)s4)ccc(-c4ccc(-c5cc6c(OCC(CC)CCCC)c7sc(-c8ccc(-c9sc(-c%10ccc(-c%11cc%12c(OCC(CC)CCCC)c%13sc(C)cc%13c(OCC(CC)CCCC)c%12s%11)s%10)c%10c9C(=O)N(CCCCCCCC)C%10=O)s8)cc7c(OCC(CC)CCCC)c6s5)s4)c3nc2-c2cccc(C)c2)c1. The van der Waals surface area contributed by atoms with E-state index in [9.17, 15) is 0 Å². The van der Waals surface area contributed by atoms with Crippen LogP contribution in [0.5, 0.6) is 28.7 Å². The van der Waals surface area contributed by atoms with Gasteiger partial charge in [0.25, 0.3) is 11.8 Å². The molecular formula is C113H133N3O7S9. The maximum atomic E-state index is 15.5. The molecule has 4 atom stereocenters. The van der Waals surface area contributed by atoms with Crippen LogP contribution in [-0.4, -0.2) is 66.3 Å². The molecule has 0 fully saturated rings. The van der Waals surface area contributed by atoms with Crippen LogP contribution in [-0.2, 0) is 0 Å². The summed E-state index contributed by atoms with van der Waals surface area (Å²) in [4.78, 5) is 59.4. The highest BCUT2D eigenvalue weighted by atomic mass is 32.1. The molecule has 132 heavy (non-hydrogen) atoms. The molecule has 0 spiro atoms. The number of aryl methyl sites for hydroxylation is 3. The number of carbonyl (C=O) groups is 2. The van der Waals surface area contributed by atoms with Crippen molar-refractivity contribution in [1.29, 1.82) is 0 Å². The first kappa shape index (κ1) is 97.0. The van der Waals surface area contributed by atoms with Crippen LogP contribution in [0.25, 0.3) is 144 Å². The fourth-order valence-corrected chi connectivity index (χ4v) is 28.8. The number of ether oxygens (including phenoxy) is 5. The van der Waals surface area contributed by atoms with Gasteiger partial charge in [0.1, 0.15) is 28.7 Å². The molecule has 0 N–H and O–H groups in total. The molecule has 19 heteroatoms. The number of unbranched alkanes of at least 4 members (excludes halogenated alkanes) is 14. The third kappa shape index (κ3) is 21.8. The Morgan fingerprint density at radius 3 is 1.13 bits per heavy atom. The molecule has 0 bridgehead atoms. The van der Waals surface area contributed by atoms with Crippen LogP contribution >= 0.6 is 102 Å². The van der Waals surface area contributed by atoms with Crippen LogP contribution < -0.4 is 23.7 Å². The van der Waals surface area contributed by atoms with E-state index in [2.05, 4.69) is 223 Å². The van der Waals surface area contributed by atoms with Gasteiger partial charge in [0.05, 0.1) is 95.1 Å². The molecule has 0 aliphatic carbocycles. The second-order valence-corrected chi connectivity index (χ2v) is 46.6. The van der Waals surface area contributed by atoms with Gasteiger partial charge < -0.3 is 23.7 Å². The summed E-state index contributed by atoms with van der Waals surface area (Å²) in [6.07, 6.45) is 31.5. The second kappa shape index (κ2) is 46.2. The Morgan fingerprint density at radius 1 is 0.318 bits per heavy atom. The number of hydrogen-bond donors (Lipinski definition) is 0. The molecule has 2 amide bonds. The standard InChI is InChI=1S/C113H133N3O7S9/c1-14-24-30-32-34-36-58-116-112(117)96-97(113(116)118)111(132-110(96)91-56-54-89(127-91)94-63-83-103(121-67-74(21-8)42-27-17-4)106-82(61-72(13)125-106)102(107(83)130-94)120-66-73(20-7)41-26-16-3)92-57-55-90(128-92)95-65-85-105(123-69-76(23-10)44-29-19-6)108-84(104(109(85)131-95)122-68-75(22-9)43-28-18-5)64-93(129-108)88-53-52-87(126-88)81-50-49-80(86-51-48-71(12)124-86)100-101(81)114-98(77-45-38-40-70(11)60-77)99(115-100)78-46-39-47-79(62-78)119-59-37-35-33-31-25-15-2/h38-40,45-57,60-65,73-76H,14-37,41-44,58-59,66-69H2,1-13H3. The monoisotopic (exact) mass is 1930 g/mol. The molecule has 10 aromatic heterocycles. The molecule has 4 unspecified atom stereocenters. The molecule has 5 aromatic carbocycles. The van der Waals surface area contributed by atoms with E-state index in [0.29, 0.717) is 74.4 Å². The number of aromatic nitrogens is 2. The minimum absolute atomic E-state index is 0.183. The first-order valence-corrected chi connectivity index (χ1v) is 57.0. The van der Waals surface area contributed by atoms with Gasteiger partial charge in [-0.15, -0.1) is 102 Å². The Balaban J connectivity index is 0.791. The van der Waals surface area contributed by atoms with E-state index in [0.717, 1.165) is 293 Å². The van der Waals surface area contributed by atoms with Gasteiger partial charge in [-0.05, 0) is 174 Å². The van der Waals surface area contributed by atoms with Crippen molar-refractivity contribution in [1.82, 2.24) is 14.9 Å². The van der Waals surface area contributed by atoms with E-state index in [1.165, 1.54) is 74.0 Å². The summed E-state index contributed by atoms with van der Waals surface area (Å²) >= 11 is 15.8. The number of imide groups is 1. The third-order valence-corrected chi connectivity index (χ3v) is 37.6. The average molecular weight is 1930 g/mol. The van der Waals surface area contributed by atoms with E-state index in [-0.39, 0.29) is 11.8 Å². The van der Waals surface area contributed by atoms with Crippen molar-refractivity contribution in [3.63, 3.8) is 0 Å². The van der Waals surface area contributed by atoms with Crippen molar-refractivity contribution < 1.29 is 33.3 Å². The molecule has 1 aliphatic rings. The summed E-state index contributed by atoms with van der Waals surface area (Å²) in [6.45, 7) is 33.0. The Hall–Kier alpha value is -8.08. The highest BCUT2D eigenvalue weighted by molar-refractivity contribution is 7.32. The van der Waals surface area contributed by atoms with Gasteiger partial charge >= 0.3 is 0 Å². The van der Waals surface area contributed by atoms with Crippen LogP contribution in [0, 0.1) is 44.4 Å². The number of amides is 2. The zero-order valence-corrected chi connectivity index (χ0v) is 87.3. The number of benzene rings is 5. The van der Waals surface area contributed by atoms with E-state index in [1.54, 1.807) is 84.3 Å². The van der Waals surface area contributed by atoms with Crippen LogP contribution in [0.2, 0.25) is 0 Å².